The second-order valence-corrected chi connectivity index (χ2v) is 11.2. The lowest BCUT2D eigenvalue weighted by atomic mass is 10.0. The Kier molecular flexibility index (Phi) is 8.77. The van der Waals surface area contributed by atoms with E-state index in [9.17, 15) is 13.2 Å². The number of likely N-dealkylation sites (tertiary alicyclic amines) is 1. The fourth-order valence-corrected chi connectivity index (χ4v) is 5.56. The van der Waals surface area contributed by atoms with Gasteiger partial charge < -0.3 is 14.7 Å². The molecule has 1 fully saturated rings. The summed E-state index contributed by atoms with van der Waals surface area (Å²) < 4.78 is 39.3. The molecule has 42 heavy (non-hydrogen) atoms. The van der Waals surface area contributed by atoms with E-state index in [-0.39, 0.29) is 6.04 Å². The summed E-state index contributed by atoms with van der Waals surface area (Å²) in [7, 11) is 2.05. The molecule has 9 heteroatoms. The highest BCUT2D eigenvalue weighted by Crippen LogP contribution is 2.32. The summed E-state index contributed by atoms with van der Waals surface area (Å²) >= 11 is 0. The molecule has 1 aliphatic heterocycles. The second kappa shape index (κ2) is 12.5. The van der Waals surface area contributed by atoms with Gasteiger partial charge in [0.25, 0.3) is 0 Å². The van der Waals surface area contributed by atoms with E-state index in [0.717, 1.165) is 60.6 Å². The zero-order valence-electron chi connectivity index (χ0n) is 24.5. The molecular formula is C33H37F3N6. The Hall–Kier alpha value is -3.98. The van der Waals surface area contributed by atoms with E-state index >= 15 is 0 Å². The monoisotopic (exact) mass is 574 g/mol. The van der Waals surface area contributed by atoms with Crippen LogP contribution in [0.1, 0.15) is 43.4 Å². The molecule has 4 aromatic rings. The van der Waals surface area contributed by atoms with Gasteiger partial charge in [-0.1, -0.05) is 24.3 Å². The van der Waals surface area contributed by atoms with Crippen LogP contribution < -0.4 is 9.80 Å². The maximum atomic E-state index is 13.1. The van der Waals surface area contributed by atoms with Gasteiger partial charge in [-0.2, -0.15) is 13.2 Å². The Morgan fingerprint density at radius 1 is 0.929 bits per heavy atom. The molecule has 1 saturated heterocycles. The van der Waals surface area contributed by atoms with E-state index in [0.29, 0.717) is 29.8 Å². The number of hydrogen-bond donors (Lipinski definition) is 0. The van der Waals surface area contributed by atoms with Crippen molar-refractivity contribution >= 4 is 17.3 Å². The average Bonchev–Trinajstić information content (AvgIpc) is 3.00. The van der Waals surface area contributed by atoms with Crippen LogP contribution >= 0.6 is 0 Å². The number of pyridine rings is 1. The number of halogens is 3. The second-order valence-electron chi connectivity index (χ2n) is 11.2. The topological polar surface area (TPSA) is 48.4 Å². The molecule has 6 nitrogen and oxygen atoms in total. The molecule has 0 saturated carbocycles. The number of rotatable bonds is 8. The van der Waals surface area contributed by atoms with Crippen molar-refractivity contribution in [3.63, 3.8) is 0 Å². The molecule has 1 aliphatic rings. The van der Waals surface area contributed by atoms with E-state index in [4.69, 9.17) is 4.98 Å². The van der Waals surface area contributed by atoms with E-state index in [2.05, 4.69) is 69.7 Å². The summed E-state index contributed by atoms with van der Waals surface area (Å²) in [5.41, 5.74) is 4.96. The quantitative estimate of drug-likeness (QED) is 0.217. The minimum absolute atomic E-state index is 0.240. The van der Waals surface area contributed by atoms with Crippen molar-refractivity contribution < 1.29 is 13.2 Å². The van der Waals surface area contributed by atoms with Crippen molar-refractivity contribution in [3.8, 4) is 11.3 Å². The van der Waals surface area contributed by atoms with Gasteiger partial charge >= 0.3 is 6.18 Å². The van der Waals surface area contributed by atoms with Crippen LogP contribution in [0.15, 0.2) is 79.3 Å². The van der Waals surface area contributed by atoms with Crippen LogP contribution in [0.25, 0.3) is 11.3 Å². The summed E-state index contributed by atoms with van der Waals surface area (Å²) in [4.78, 5) is 20.6. The number of alkyl halides is 3. The number of benzene rings is 2. The van der Waals surface area contributed by atoms with Crippen molar-refractivity contribution in [3.05, 3.63) is 95.9 Å². The van der Waals surface area contributed by atoms with Crippen LogP contribution in [0.4, 0.5) is 30.5 Å². The number of hydrogen-bond acceptors (Lipinski definition) is 6. The lowest BCUT2D eigenvalue weighted by Crippen LogP contribution is -2.47. The van der Waals surface area contributed by atoms with Gasteiger partial charge in [-0.15, -0.1) is 0 Å². The van der Waals surface area contributed by atoms with Gasteiger partial charge in [0.15, 0.2) is 0 Å². The molecule has 2 aromatic heterocycles. The molecule has 0 unspecified atom stereocenters. The molecule has 0 N–H and O–H groups in total. The Bertz CT molecular complexity index is 1460. The highest BCUT2D eigenvalue weighted by atomic mass is 19.4. The molecule has 2 aromatic carbocycles. The minimum atomic E-state index is -4.38. The largest absolute Gasteiger partial charge is 0.416 e. The normalized spacial score (nSPS) is 14.8. The zero-order chi connectivity index (χ0) is 29.9. The molecule has 0 aliphatic carbocycles. The number of nitrogens with zero attached hydrogens (tertiary/aromatic N) is 6. The number of anilines is 3. The highest BCUT2D eigenvalue weighted by molar-refractivity contribution is 5.65. The van der Waals surface area contributed by atoms with Crippen LogP contribution in [-0.2, 0) is 12.7 Å². The van der Waals surface area contributed by atoms with Gasteiger partial charge in [-0.05, 0) is 81.1 Å². The van der Waals surface area contributed by atoms with Gasteiger partial charge in [0.1, 0.15) is 0 Å². The van der Waals surface area contributed by atoms with Gasteiger partial charge in [-0.3, -0.25) is 4.98 Å². The van der Waals surface area contributed by atoms with Crippen molar-refractivity contribution in [2.75, 3.05) is 29.9 Å². The van der Waals surface area contributed by atoms with Crippen molar-refractivity contribution in [1.82, 2.24) is 19.9 Å². The van der Waals surface area contributed by atoms with Crippen LogP contribution in [0.3, 0.4) is 0 Å². The third-order valence-electron chi connectivity index (χ3n) is 8.11. The van der Waals surface area contributed by atoms with Crippen LogP contribution in [0, 0.1) is 6.92 Å². The lowest BCUT2D eigenvalue weighted by molar-refractivity contribution is -0.137. The number of aryl methyl sites for hydroxylation is 1. The van der Waals surface area contributed by atoms with E-state index in [1.54, 1.807) is 18.5 Å². The maximum absolute atomic E-state index is 13.1. The lowest BCUT2D eigenvalue weighted by Gasteiger charge is -2.40. The first-order chi connectivity index (χ1) is 20.1. The minimum Gasteiger partial charge on any atom is -0.344 e. The zero-order valence-corrected chi connectivity index (χ0v) is 24.5. The standard InChI is InChI=1S/C33H37F3N6/c1-23(2)41-19-15-29(16-20-41)42(22-25-5-11-28(12-6-25)40(4)31-14-17-37-21-24(31)3)32-38-18-13-30(39-32)26-7-9-27(10-8-26)33(34,35)36/h5-14,17-18,21,23,29H,15-16,19-20,22H2,1-4H3. The number of piperidine rings is 1. The molecule has 5 rings (SSSR count). The molecule has 0 bridgehead atoms. The van der Waals surface area contributed by atoms with Gasteiger partial charge in [0.05, 0.1) is 11.3 Å². The Morgan fingerprint density at radius 3 is 2.24 bits per heavy atom. The molecule has 220 valence electrons. The van der Waals surface area contributed by atoms with Crippen molar-refractivity contribution in [2.45, 2.75) is 58.4 Å². The molecular weight excluding hydrogens is 537 g/mol. The molecule has 0 atom stereocenters. The van der Waals surface area contributed by atoms with Crippen molar-refractivity contribution in [2.24, 2.45) is 0 Å². The third kappa shape index (κ3) is 6.73. The maximum Gasteiger partial charge on any atom is 0.416 e. The molecule has 3 heterocycles. The van der Waals surface area contributed by atoms with Crippen LogP contribution in [0.2, 0.25) is 0 Å². The summed E-state index contributed by atoms with van der Waals surface area (Å²) in [6.45, 7) is 9.11. The van der Waals surface area contributed by atoms with Gasteiger partial charge in [-0.25, -0.2) is 9.97 Å². The molecule has 0 spiro atoms. The third-order valence-corrected chi connectivity index (χ3v) is 8.11. The van der Waals surface area contributed by atoms with Crippen molar-refractivity contribution in [1.29, 1.82) is 0 Å². The Labute approximate surface area is 245 Å². The van der Waals surface area contributed by atoms with Gasteiger partial charge in [0, 0.05) is 74.3 Å². The van der Waals surface area contributed by atoms with Crippen LogP contribution in [0.5, 0.6) is 0 Å². The Morgan fingerprint density at radius 2 is 1.62 bits per heavy atom. The number of aromatic nitrogens is 3. The van der Waals surface area contributed by atoms with E-state index in [1.165, 1.54) is 12.1 Å². The van der Waals surface area contributed by atoms with E-state index in [1.807, 2.05) is 19.3 Å². The SMILES string of the molecule is Cc1cnccc1N(C)c1ccc(CN(c2nccc(-c3ccc(C(F)(F)F)cc3)n2)C2CCN(C(C)C)CC2)cc1. The highest BCUT2D eigenvalue weighted by Gasteiger charge is 2.30. The summed E-state index contributed by atoms with van der Waals surface area (Å²) in [5, 5.41) is 0. The van der Waals surface area contributed by atoms with Crippen LogP contribution in [-0.4, -0.2) is 52.1 Å². The summed E-state index contributed by atoms with van der Waals surface area (Å²) in [6.07, 6.45) is 2.94. The average molecular weight is 575 g/mol. The predicted octanol–water partition coefficient (Wildman–Crippen LogP) is 7.51. The first-order valence-corrected chi connectivity index (χ1v) is 14.3. The van der Waals surface area contributed by atoms with Gasteiger partial charge in [0.2, 0.25) is 5.95 Å². The van der Waals surface area contributed by atoms with E-state index < -0.39 is 11.7 Å². The summed E-state index contributed by atoms with van der Waals surface area (Å²) in [5.74, 6) is 0.587. The smallest absolute Gasteiger partial charge is 0.344 e. The first kappa shape index (κ1) is 29.5. The molecule has 0 amide bonds. The summed E-state index contributed by atoms with van der Waals surface area (Å²) in [6, 6.07) is 18.1. The Balaban J connectivity index is 1.41. The molecule has 0 radical (unpaired) electrons. The fourth-order valence-electron chi connectivity index (χ4n) is 5.56. The first-order valence-electron chi connectivity index (χ1n) is 14.3. The predicted molar refractivity (Wildman–Crippen MR) is 162 cm³/mol. The fraction of sp³-hybridized carbons (Fsp3) is 0.364.